The molecule has 1 fully saturated rings. The summed E-state index contributed by atoms with van der Waals surface area (Å²) in [7, 11) is 0. The fraction of sp³-hybridized carbons (Fsp3) is 0.474. The van der Waals surface area contributed by atoms with Gasteiger partial charge in [0.2, 0.25) is 5.91 Å². The maximum absolute atomic E-state index is 13.3. The van der Waals surface area contributed by atoms with E-state index in [0.717, 1.165) is 42.8 Å². The number of aryl methyl sites for hydroxylation is 2. The fourth-order valence-electron chi connectivity index (χ4n) is 3.38. The summed E-state index contributed by atoms with van der Waals surface area (Å²) in [5.41, 5.74) is 2.51. The van der Waals surface area contributed by atoms with E-state index in [1.807, 2.05) is 13.8 Å². The van der Waals surface area contributed by atoms with Crippen LogP contribution >= 0.6 is 0 Å². The van der Waals surface area contributed by atoms with Crippen molar-refractivity contribution in [3.63, 3.8) is 0 Å². The lowest BCUT2D eigenvalue weighted by atomic mass is 10.0. The van der Waals surface area contributed by atoms with E-state index in [1.54, 1.807) is 12.1 Å². The number of nitrogens with one attached hydrogen (secondary N) is 1. The number of halogens is 1. The lowest BCUT2D eigenvalue weighted by Gasteiger charge is -2.34. The zero-order valence-electron chi connectivity index (χ0n) is 14.7. The predicted octanol–water partition coefficient (Wildman–Crippen LogP) is 3.27. The van der Waals surface area contributed by atoms with E-state index in [1.165, 1.54) is 18.6 Å². The van der Waals surface area contributed by atoms with Crippen molar-refractivity contribution in [2.75, 3.05) is 13.1 Å². The van der Waals surface area contributed by atoms with E-state index in [0.29, 0.717) is 12.3 Å². The summed E-state index contributed by atoms with van der Waals surface area (Å²) in [5, 5.41) is 6.92. The van der Waals surface area contributed by atoms with Crippen LogP contribution in [-0.2, 0) is 11.3 Å². The summed E-state index contributed by atoms with van der Waals surface area (Å²) >= 11 is 0. The molecule has 0 radical (unpaired) electrons. The Morgan fingerprint density at radius 3 is 2.52 bits per heavy atom. The third-order valence-corrected chi connectivity index (χ3v) is 4.81. The lowest BCUT2D eigenvalue weighted by Crippen LogP contribution is -2.42. The molecule has 1 saturated heterocycles. The van der Waals surface area contributed by atoms with Gasteiger partial charge in [0.25, 0.3) is 0 Å². The quantitative estimate of drug-likeness (QED) is 0.903. The number of carbonyl (C=O) groups excluding carboxylic acids is 1. The first-order valence-corrected chi connectivity index (χ1v) is 8.75. The van der Waals surface area contributed by atoms with E-state index >= 15 is 0 Å². The number of carbonyl (C=O) groups is 1. The third kappa shape index (κ3) is 4.07. The molecular formula is C19H24FN3O2. The Morgan fingerprint density at radius 1 is 1.24 bits per heavy atom. The van der Waals surface area contributed by atoms with Crippen molar-refractivity contribution in [1.82, 2.24) is 15.4 Å². The highest BCUT2D eigenvalue weighted by molar-refractivity contribution is 5.83. The Balaban J connectivity index is 1.78. The van der Waals surface area contributed by atoms with Gasteiger partial charge in [-0.1, -0.05) is 23.7 Å². The predicted molar refractivity (Wildman–Crippen MR) is 92.4 cm³/mol. The van der Waals surface area contributed by atoms with Crippen LogP contribution in [0.2, 0.25) is 0 Å². The van der Waals surface area contributed by atoms with Crippen molar-refractivity contribution in [3.05, 3.63) is 52.7 Å². The molecule has 0 saturated carbocycles. The number of amides is 1. The van der Waals surface area contributed by atoms with Crippen molar-refractivity contribution < 1.29 is 13.7 Å². The zero-order chi connectivity index (χ0) is 17.8. The first-order chi connectivity index (χ1) is 12.1. The summed E-state index contributed by atoms with van der Waals surface area (Å²) in [6, 6.07) is 5.82. The van der Waals surface area contributed by atoms with Gasteiger partial charge in [-0.3, -0.25) is 9.69 Å². The first kappa shape index (κ1) is 17.6. The molecule has 1 atom stereocenters. The minimum Gasteiger partial charge on any atom is -0.361 e. The molecule has 25 heavy (non-hydrogen) atoms. The molecule has 1 aliphatic rings. The summed E-state index contributed by atoms with van der Waals surface area (Å²) in [6.45, 7) is 5.83. The Morgan fingerprint density at radius 2 is 1.92 bits per heavy atom. The third-order valence-electron chi connectivity index (χ3n) is 4.81. The smallest absolute Gasteiger partial charge is 0.242 e. The van der Waals surface area contributed by atoms with Crippen molar-refractivity contribution >= 4 is 5.91 Å². The Kier molecular flexibility index (Phi) is 5.48. The van der Waals surface area contributed by atoms with Gasteiger partial charge in [0.15, 0.2) is 0 Å². The second-order valence-corrected chi connectivity index (χ2v) is 6.57. The highest BCUT2D eigenvalue weighted by Gasteiger charge is 2.29. The molecule has 5 nitrogen and oxygen atoms in total. The van der Waals surface area contributed by atoms with Crippen LogP contribution in [0.4, 0.5) is 4.39 Å². The van der Waals surface area contributed by atoms with Crippen LogP contribution in [0.15, 0.2) is 28.8 Å². The van der Waals surface area contributed by atoms with E-state index < -0.39 is 6.04 Å². The van der Waals surface area contributed by atoms with Crippen LogP contribution in [0.25, 0.3) is 0 Å². The van der Waals surface area contributed by atoms with Crippen LogP contribution in [0.1, 0.15) is 47.9 Å². The van der Waals surface area contributed by atoms with Crippen LogP contribution in [0.5, 0.6) is 0 Å². The minimum absolute atomic E-state index is 0.0755. The van der Waals surface area contributed by atoms with Gasteiger partial charge in [0.1, 0.15) is 17.6 Å². The summed E-state index contributed by atoms with van der Waals surface area (Å²) in [5.74, 6) is 0.347. The van der Waals surface area contributed by atoms with Gasteiger partial charge in [-0.15, -0.1) is 0 Å². The molecule has 1 aliphatic heterocycles. The zero-order valence-corrected chi connectivity index (χ0v) is 14.7. The molecule has 134 valence electrons. The number of likely N-dealkylation sites (tertiary alicyclic amines) is 1. The van der Waals surface area contributed by atoms with Gasteiger partial charge >= 0.3 is 0 Å². The largest absolute Gasteiger partial charge is 0.361 e. The molecule has 1 unspecified atom stereocenters. The van der Waals surface area contributed by atoms with Crippen molar-refractivity contribution in [2.24, 2.45) is 0 Å². The van der Waals surface area contributed by atoms with E-state index in [9.17, 15) is 9.18 Å². The molecular weight excluding hydrogens is 321 g/mol. The van der Waals surface area contributed by atoms with E-state index in [-0.39, 0.29) is 11.7 Å². The second-order valence-electron chi connectivity index (χ2n) is 6.57. The van der Waals surface area contributed by atoms with Crippen molar-refractivity contribution in [2.45, 2.75) is 45.7 Å². The molecule has 1 amide bonds. The second kappa shape index (κ2) is 7.78. The average molecular weight is 345 g/mol. The normalized spacial score (nSPS) is 16.6. The Hall–Kier alpha value is -2.21. The molecule has 0 aliphatic carbocycles. The summed E-state index contributed by atoms with van der Waals surface area (Å²) in [4.78, 5) is 15.1. The van der Waals surface area contributed by atoms with Crippen molar-refractivity contribution in [3.8, 4) is 0 Å². The lowest BCUT2D eigenvalue weighted by molar-refractivity contribution is -0.127. The SMILES string of the molecule is Cc1noc(C)c1CNC(=O)C(c1ccc(F)cc1)N1CCCCC1. The Labute approximate surface area is 147 Å². The fourth-order valence-corrected chi connectivity index (χ4v) is 3.38. The molecule has 2 aromatic rings. The topological polar surface area (TPSA) is 58.4 Å². The van der Waals surface area contributed by atoms with E-state index in [2.05, 4.69) is 15.4 Å². The van der Waals surface area contributed by atoms with E-state index in [4.69, 9.17) is 4.52 Å². The number of benzene rings is 1. The molecule has 6 heteroatoms. The van der Waals surface area contributed by atoms with Gasteiger partial charge in [-0.2, -0.15) is 0 Å². The summed E-state index contributed by atoms with van der Waals surface area (Å²) in [6.07, 6.45) is 3.34. The molecule has 2 heterocycles. The van der Waals surface area contributed by atoms with Crippen LogP contribution in [-0.4, -0.2) is 29.1 Å². The molecule has 0 bridgehead atoms. The van der Waals surface area contributed by atoms with Gasteiger partial charge in [0, 0.05) is 12.1 Å². The molecule has 1 aromatic carbocycles. The maximum atomic E-state index is 13.3. The number of piperidine rings is 1. The molecule has 1 aromatic heterocycles. The highest BCUT2D eigenvalue weighted by Crippen LogP contribution is 2.25. The molecule has 0 spiro atoms. The maximum Gasteiger partial charge on any atom is 0.242 e. The van der Waals surface area contributed by atoms with Crippen LogP contribution in [0.3, 0.4) is 0 Å². The van der Waals surface area contributed by atoms with Crippen LogP contribution in [0, 0.1) is 19.7 Å². The monoisotopic (exact) mass is 345 g/mol. The number of rotatable bonds is 5. The van der Waals surface area contributed by atoms with Gasteiger partial charge < -0.3 is 9.84 Å². The summed E-state index contributed by atoms with van der Waals surface area (Å²) < 4.78 is 18.4. The standard InChI is InChI=1S/C19H24FN3O2/c1-13-17(14(2)25-22-13)12-21-19(24)18(23-10-4-3-5-11-23)15-6-8-16(20)9-7-15/h6-9,18H,3-5,10-12H2,1-2H3,(H,21,24). The first-order valence-electron chi connectivity index (χ1n) is 8.75. The average Bonchev–Trinajstić information content (AvgIpc) is 2.94. The Bertz CT molecular complexity index is 701. The van der Waals surface area contributed by atoms with Gasteiger partial charge in [0.05, 0.1) is 5.69 Å². The molecule has 1 N–H and O–H groups in total. The minimum atomic E-state index is -0.402. The number of hydrogen-bond donors (Lipinski definition) is 1. The number of nitrogens with zero attached hydrogens (tertiary/aromatic N) is 2. The van der Waals surface area contributed by atoms with Crippen molar-refractivity contribution in [1.29, 1.82) is 0 Å². The number of aromatic nitrogens is 1. The highest BCUT2D eigenvalue weighted by atomic mass is 19.1. The van der Waals surface area contributed by atoms with Crippen LogP contribution < -0.4 is 5.32 Å². The van der Waals surface area contributed by atoms with Gasteiger partial charge in [-0.25, -0.2) is 4.39 Å². The van der Waals surface area contributed by atoms with Gasteiger partial charge in [-0.05, 0) is 57.5 Å². The molecule has 3 rings (SSSR count). The number of hydrogen-bond acceptors (Lipinski definition) is 4.